The molecule has 64 valence electrons. The molecular weight excluding hydrogens is 152 g/mol. The Morgan fingerprint density at radius 2 is 1.82 bits per heavy atom. The maximum absolute atomic E-state index is 5.84. The van der Waals surface area contributed by atoms with Crippen molar-refractivity contribution in [3.05, 3.63) is 0 Å². The molecule has 0 aromatic carbocycles. The molecule has 2 aliphatic rings. The number of hydrogen-bond donors (Lipinski definition) is 0. The van der Waals surface area contributed by atoms with Gasteiger partial charge in [-0.15, -0.1) is 0 Å². The average molecular weight is 170 g/mol. The van der Waals surface area contributed by atoms with Crippen molar-refractivity contribution in [2.24, 2.45) is 5.92 Å². The molecule has 0 aliphatic heterocycles. The van der Waals surface area contributed by atoms with Crippen molar-refractivity contribution in [1.82, 2.24) is 0 Å². The highest BCUT2D eigenvalue weighted by atomic mass is 28.2. The predicted octanol–water partition coefficient (Wildman–Crippen LogP) is 1.40. The lowest BCUT2D eigenvalue weighted by atomic mass is 9.78. The van der Waals surface area contributed by atoms with Crippen LogP contribution < -0.4 is 0 Å². The van der Waals surface area contributed by atoms with E-state index in [4.69, 9.17) is 4.43 Å². The molecule has 0 spiro atoms. The van der Waals surface area contributed by atoms with Crippen LogP contribution in [0.2, 0.25) is 0 Å². The molecule has 2 atom stereocenters. The smallest absolute Gasteiger partial charge is 0.146 e. The Bertz CT molecular complexity index is 148. The summed E-state index contributed by atoms with van der Waals surface area (Å²) in [5, 5.41) is 0. The van der Waals surface area contributed by atoms with Crippen LogP contribution in [0.15, 0.2) is 0 Å². The van der Waals surface area contributed by atoms with Gasteiger partial charge in [0.05, 0.1) is 5.60 Å². The number of fused-ring (bicyclic) bond motifs is 1. The molecule has 0 saturated heterocycles. The SMILES string of the molecule is [SiH3]OC12CCCCC1CCC2. The molecule has 1 nitrogen and oxygen atoms in total. The summed E-state index contributed by atoms with van der Waals surface area (Å²) in [5.41, 5.74) is 0.393. The summed E-state index contributed by atoms with van der Waals surface area (Å²) in [6, 6.07) is 0. The molecule has 11 heavy (non-hydrogen) atoms. The van der Waals surface area contributed by atoms with Gasteiger partial charge < -0.3 is 4.43 Å². The summed E-state index contributed by atoms with van der Waals surface area (Å²) >= 11 is 0. The second-order valence-electron chi connectivity index (χ2n) is 4.10. The maximum atomic E-state index is 5.84. The molecule has 2 aliphatic carbocycles. The second-order valence-corrected chi connectivity index (χ2v) is 4.51. The van der Waals surface area contributed by atoms with Crippen LogP contribution in [0.5, 0.6) is 0 Å². The van der Waals surface area contributed by atoms with Gasteiger partial charge in [-0.2, -0.15) is 0 Å². The van der Waals surface area contributed by atoms with E-state index in [0.717, 1.165) is 16.4 Å². The van der Waals surface area contributed by atoms with Crippen molar-refractivity contribution < 1.29 is 4.43 Å². The molecule has 0 bridgehead atoms. The summed E-state index contributed by atoms with van der Waals surface area (Å²) in [6.45, 7) is 0. The van der Waals surface area contributed by atoms with Crippen molar-refractivity contribution in [2.75, 3.05) is 0 Å². The van der Waals surface area contributed by atoms with Crippen molar-refractivity contribution in [3.8, 4) is 0 Å². The van der Waals surface area contributed by atoms with Crippen LogP contribution in [0.3, 0.4) is 0 Å². The average Bonchev–Trinajstić information content (AvgIpc) is 2.48. The molecule has 2 rings (SSSR count). The van der Waals surface area contributed by atoms with Crippen LogP contribution in [0.1, 0.15) is 44.9 Å². The van der Waals surface area contributed by atoms with Crippen LogP contribution in [-0.2, 0) is 4.43 Å². The Balaban J connectivity index is 2.12. The molecule has 0 heterocycles. The van der Waals surface area contributed by atoms with Crippen LogP contribution >= 0.6 is 0 Å². The molecule has 0 aromatic rings. The van der Waals surface area contributed by atoms with Crippen LogP contribution in [0, 0.1) is 5.92 Å². The van der Waals surface area contributed by atoms with E-state index in [1.54, 1.807) is 0 Å². The Hall–Kier alpha value is 0.177. The van der Waals surface area contributed by atoms with Crippen molar-refractivity contribution in [3.63, 3.8) is 0 Å². The number of hydrogen-bond acceptors (Lipinski definition) is 1. The summed E-state index contributed by atoms with van der Waals surface area (Å²) in [6.07, 6.45) is 9.91. The Kier molecular flexibility index (Phi) is 2.06. The summed E-state index contributed by atoms with van der Waals surface area (Å²) in [4.78, 5) is 0. The van der Waals surface area contributed by atoms with E-state index in [1.807, 2.05) is 0 Å². The lowest BCUT2D eigenvalue weighted by Gasteiger charge is -2.38. The highest BCUT2D eigenvalue weighted by Crippen LogP contribution is 2.47. The summed E-state index contributed by atoms with van der Waals surface area (Å²) < 4.78 is 5.84. The molecule has 2 heteroatoms. The lowest BCUT2D eigenvalue weighted by Crippen LogP contribution is -2.38. The fraction of sp³-hybridized carbons (Fsp3) is 1.00. The number of rotatable bonds is 1. The maximum Gasteiger partial charge on any atom is 0.146 e. The topological polar surface area (TPSA) is 9.23 Å². The molecule has 2 fully saturated rings. The molecule has 0 radical (unpaired) electrons. The Labute approximate surface area is 72.1 Å². The van der Waals surface area contributed by atoms with Crippen LogP contribution in [0.4, 0.5) is 0 Å². The van der Waals surface area contributed by atoms with Gasteiger partial charge in [-0.25, -0.2) is 0 Å². The minimum absolute atomic E-state index is 0.393. The van der Waals surface area contributed by atoms with Crippen molar-refractivity contribution in [1.29, 1.82) is 0 Å². The van der Waals surface area contributed by atoms with E-state index >= 15 is 0 Å². The van der Waals surface area contributed by atoms with Gasteiger partial charge >= 0.3 is 0 Å². The molecule has 0 aromatic heterocycles. The normalized spacial score (nSPS) is 44.2. The highest BCUT2D eigenvalue weighted by molar-refractivity contribution is 5.98. The van der Waals surface area contributed by atoms with Gasteiger partial charge in [0.25, 0.3) is 0 Å². The minimum atomic E-state index is 0.393. The van der Waals surface area contributed by atoms with E-state index < -0.39 is 0 Å². The van der Waals surface area contributed by atoms with Gasteiger partial charge in [-0.3, -0.25) is 0 Å². The van der Waals surface area contributed by atoms with E-state index in [1.165, 1.54) is 44.9 Å². The first kappa shape index (κ1) is 7.81. The van der Waals surface area contributed by atoms with Gasteiger partial charge in [0.15, 0.2) is 0 Å². The van der Waals surface area contributed by atoms with E-state index in [2.05, 4.69) is 0 Å². The van der Waals surface area contributed by atoms with E-state index in [-0.39, 0.29) is 0 Å². The van der Waals surface area contributed by atoms with Crippen molar-refractivity contribution in [2.45, 2.75) is 50.5 Å². The third-order valence-electron chi connectivity index (χ3n) is 3.71. The fourth-order valence-corrected chi connectivity index (χ4v) is 3.78. The summed E-state index contributed by atoms with van der Waals surface area (Å²) in [5.74, 6) is 0.939. The molecule has 0 N–H and O–H groups in total. The highest BCUT2D eigenvalue weighted by Gasteiger charge is 2.43. The van der Waals surface area contributed by atoms with Gasteiger partial charge in [-0.05, 0) is 31.6 Å². The van der Waals surface area contributed by atoms with Gasteiger partial charge in [-0.1, -0.05) is 19.3 Å². The minimum Gasteiger partial charge on any atom is -0.422 e. The second kappa shape index (κ2) is 2.90. The summed E-state index contributed by atoms with van der Waals surface area (Å²) in [7, 11) is 0.942. The van der Waals surface area contributed by atoms with Gasteiger partial charge in [0.2, 0.25) is 0 Å². The van der Waals surface area contributed by atoms with Crippen LogP contribution in [0.25, 0.3) is 0 Å². The Morgan fingerprint density at radius 3 is 2.55 bits per heavy atom. The standard InChI is InChI=1S/C9H18OSi/c11-10-9-6-2-1-4-8(9)5-3-7-9/h8H,1-7H2,11H3. The quantitative estimate of drug-likeness (QED) is 0.541. The molecular formula is C9H18OSi. The third kappa shape index (κ3) is 1.16. The first-order valence-electron chi connectivity index (χ1n) is 4.92. The van der Waals surface area contributed by atoms with Crippen molar-refractivity contribution >= 4 is 10.5 Å². The zero-order chi connectivity index (χ0) is 7.73. The fourth-order valence-electron chi connectivity index (χ4n) is 3.04. The monoisotopic (exact) mass is 170 g/mol. The van der Waals surface area contributed by atoms with Gasteiger partial charge in [0.1, 0.15) is 10.5 Å². The largest absolute Gasteiger partial charge is 0.422 e. The zero-order valence-corrected chi connectivity index (χ0v) is 9.44. The third-order valence-corrected chi connectivity index (χ3v) is 4.52. The molecule has 2 saturated carbocycles. The predicted molar refractivity (Wildman–Crippen MR) is 49.6 cm³/mol. The van der Waals surface area contributed by atoms with Crippen LogP contribution in [-0.4, -0.2) is 16.1 Å². The first-order valence-corrected chi connectivity index (χ1v) is 5.74. The molecule has 2 unspecified atom stereocenters. The van der Waals surface area contributed by atoms with Gasteiger partial charge in [0, 0.05) is 0 Å². The molecule has 0 amide bonds. The lowest BCUT2D eigenvalue weighted by molar-refractivity contribution is 0.00501. The van der Waals surface area contributed by atoms with E-state index in [0.29, 0.717) is 5.60 Å². The zero-order valence-electron chi connectivity index (χ0n) is 7.44. The Morgan fingerprint density at radius 1 is 1.09 bits per heavy atom. The van der Waals surface area contributed by atoms with E-state index in [9.17, 15) is 0 Å². The first-order chi connectivity index (χ1) is 5.37.